The number of benzene rings is 1. The van der Waals surface area contributed by atoms with Crippen molar-refractivity contribution >= 4 is 6.08 Å². The topological polar surface area (TPSA) is 0 Å². The first-order chi connectivity index (χ1) is 10.8. The van der Waals surface area contributed by atoms with Crippen LogP contribution in [0, 0.1) is 0 Å². The summed E-state index contributed by atoms with van der Waals surface area (Å²) in [5.74, 6) is 0.613. The Kier molecular flexibility index (Phi) is 9.57. The van der Waals surface area contributed by atoms with E-state index in [1.54, 1.807) is 0 Å². The zero-order chi connectivity index (χ0) is 15.4. The molecule has 0 spiro atoms. The van der Waals surface area contributed by atoms with E-state index in [0.717, 1.165) is 10.0 Å². The third-order valence-electron chi connectivity index (χ3n) is 4.78. The van der Waals surface area contributed by atoms with Crippen molar-refractivity contribution in [1.82, 2.24) is 0 Å². The van der Waals surface area contributed by atoms with E-state index in [2.05, 4.69) is 74.2 Å². The zero-order valence-electron chi connectivity index (χ0n) is 14.2. The molecule has 0 saturated heterocycles. The molecular weight excluding hydrogens is 414 g/mol. The van der Waals surface area contributed by atoms with Crippen LogP contribution in [-0.2, 0) is 21.8 Å². The fraction of sp³-hybridized carbons (Fsp3) is 0.333. The average molecular weight is 440 g/mol. The maximum Gasteiger partial charge on any atom is -1.00 e. The quantitative estimate of drug-likeness (QED) is 0.542. The van der Waals surface area contributed by atoms with Gasteiger partial charge in [-0.05, 0) is 0 Å². The molecule has 0 fully saturated rings. The normalized spacial score (nSPS) is 17.7. The number of rotatable bonds is 7. The number of allylic oxidation sites excluding steroid dienone is 6. The van der Waals surface area contributed by atoms with Gasteiger partial charge in [-0.3, -0.25) is 0 Å². The average Bonchev–Trinajstić information content (AvgIpc) is 3.18. The van der Waals surface area contributed by atoms with Crippen molar-refractivity contribution in [3.63, 3.8) is 0 Å². The minimum absolute atomic E-state index is 0. The standard InChI is InChI=1S/C12H11.C5H5.C4H9.2ClH.Zr/c1-2-5-10-8-9-11-6-3-4-7-12(10)11;1-2-4-5-3-1;1-3-4-2;;;/h2-4,6-7,9-10H,1,5H2;1-5H;1,3-4H2,2H3;2*1H;/q;;;;;+2/p-2. The van der Waals surface area contributed by atoms with Crippen LogP contribution >= 0.6 is 0 Å². The number of hydrogen-bond acceptors (Lipinski definition) is 0. The zero-order valence-corrected chi connectivity index (χ0v) is 18.2. The van der Waals surface area contributed by atoms with Gasteiger partial charge in [-0.15, -0.1) is 0 Å². The summed E-state index contributed by atoms with van der Waals surface area (Å²) in [6, 6.07) is 8.98. The van der Waals surface area contributed by atoms with Gasteiger partial charge in [-0.2, -0.15) is 0 Å². The van der Waals surface area contributed by atoms with E-state index in [1.807, 2.05) is 3.28 Å². The van der Waals surface area contributed by atoms with E-state index in [4.69, 9.17) is 0 Å². The van der Waals surface area contributed by atoms with Crippen molar-refractivity contribution in [1.29, 1.82) is 0 Å². The molecule has 127 valence electrons. The molecule has 0 N–H and O–H groups in total. The largest absolute Gasteiger partial charge is 1.00 e. The predicted molar refractivity (Wildman–Crippen MR) is 93.7 cm³/mol. The second kappa shape index (κ2) is 10.6. The second-order valence-corrected chi connectivity index (χ2v) is 13.1. The molecule has 1 aromatic carbocycles. The van der Waals surface area contributed by atoms with Gasteiger partial charge in [-0.1, -0.05) is 0 Å². The SMILES string of the molecule is C=CCC1[C]([Zr+2]([CH2]CCC)[CH]2C=CC=C2)=Cc2ccccc21.[Cl-].[Cl-]. The maximum absolute atomic E-state index is 4.02. The van der Waals surface area contributed by atoms with E-state index in [-0.39, 0.29) is 24.8 Å². The summed E-state index contributed by atoms with van der Waals surface area (Å²) >= 11 is -1.67. The van der Waals surface area contributed by atoms with Crippen molar-refractivity contribution in [3.8, 4) is 0 Å². The van der Waals surface area contributed by atoms with Gasteiger partial charge >= 0.3 is 143 Å². The van der Waals surface area contributed by atoms with E-state index in [0.29, 0.717) is 5.92 Å². The Hall–Kier alpha value is -0.357. The van der Waals surface area contributed by atoms with E-state index < -0.39 is 21.8 Å². The van der Waals surface area contributed by atoms with Crippen molar-refractivity contribution in [3.05, 3.63) is 75.6 Å². The molecule has 0 aliphatic heterocycles. The molecule has 3 heteroatoms. The molecule has 24 heavy (non-hydrogen) atoms. The molecule has 1 aromatic rings. The second-order valence-electron chi connectivity index (χ2n) is 6.23. The Morgan fingerprint density at radius 1 is 1.12 bits per heavy atom. The fourth-order valence-electron chi connectivity index (χ4n) is 3.67. The molecule has 0 nitrogen and oxygen atoms in total. The summed E-state index contributed by atoms with van der Waals surface area (Å²) in [6.07, 6.45) is 17.9. The van der Waals surface area contributed by atoms with Gasteiger partial charge in [0.2, 0.25) is 0 Å². The van der Waals surface area contributed by atoms with Crippen molar-refractivity contribution in [2.75, 3.05) is 0 Å². The summed E-state index contributed by atoms with van der Waals surface area (Å²) in [5.41, 5.74) is 3.00. The first-order valence-corrected chi connectivity index (χ1v) is 12.9. The van der Waals surface area contributed by atoms with Crippen LogP contribution in [0.3, 0.4) is 0 Å². The van der Waals surface area contributed by atoms with Crippen LogP contribution < -0.4 is 24.8 Å². The Morgan fingerprint density at radius 3 is 2.50 bits per heavy atom. The third-order valence-corrected chi connectivity index (χ3v) is 12.9. The van der Waals surface area contributed by atoms with Crippen LogP contribution in [0.15, 0.2) is 64.5 Å². The summed E-state index contributed by atoms with van der Waals surface area (Å²) < 4.78 is 4.06. The van der Waals surface area contributed by atoms with Crippen molar-refractivity contribution in [2.24, 2.45) is 0 Å². The van der Waals surface area contributed by atoms with Gasteiger partial charge in [0.1, 0.15) is 0 Å². The molecule has 0 saturated carbocycles. The van der Waals surface area contributed by atoms with E-state index in [1.165, 1.54) is 28.1 Å². The Morgan fingerprint density at radius 2 is 1.83 bits per heavy atom. The first-order valence-electron chi connectivity index (χ1n) is 8.47. The van der Waals surface area contributed by atoms with Crippen LogP contribution in [0.25, 0.3) is 6.08 Å². The van der Waals surface area contributed by atoms with E-state index in [9.17, 15) is 0 Å². The first kappa shape index (κ1) is 21.7. The molecule has 2 aliphatic rings. The smallest absolute Gasteiger partial charge is 1.00 e. The monoisotopic (exact) mass is 437 g/mol. The number of unbranched alkanes of at least 4 members (excludes halogenated alkanes) is 1. The van der Waals surface area contributed by atoms with Gasteiger partial charge in [0.25, 0.3) is 0 Å². The maximum atomic E-state index is 4.02. The van der Waals surface area contributed by atoms with Crippen LogP contribution in [0.5, 0.6) is 0 Å². The summed E-state index contributed by atoms with van der Waals surface area (Å²) in [7, 11) is 0. The van der Waals surface area contributed by atoms with E-state index >= 15 is 0 Å². The Bertz CT molecular complexity index is 618. The van der Waals surface area contributed by atoms with Gasteiger partial charge in [0.05, 0.1) is 0 Å². The molecule has 0 radical (unpaired) electrons. The summed E-state index contributed by atoms with van der Waals surface area (Å²) in [5, 5.41) is 0. The fourth-order valence-corrected chi connectivity index (χ4v) is 12.2. The van der Waals surface area contributed by atoms with Crippen LogP contribution in [0.1, 0.15) is 43.2 Å². The van der Waals surface area contributed by atoms with Gasteiger partial charge in [0, 0.05) is 0 Å². The molecule has 0 amide bonds. The van der Waals surface area contributed by atoms with Crippen molar-refractivity contribution in [2.45, 2.75) is 39.9 Å². The molecule has 0 heterocycles. The van der Waals surface area contributed by atoms with Crippen LogP contribution in [0.4, 0.5) is 0 Å². The van der Waals surface area contributed by atoms with Gasteiger partial charge in [-0.25, -0.2) is 0 Å². The molecular formula is C21H25Cl2Zr. The Balaban J connectivity index is 0.00000144. The number of fused-ring (bicyclic) bond motifs is 1. The molecule has 0 aromatic heterocycles. The number of halogens is 2. The minimum atomic E-state index is -1.67. The van der Waals surface area contributed by atoms with Crippen LogP contribution in [0.2, 0.25) is 7.75 Å². The minimum Gasteiger partial charge on any atom is -1.00 e. The molecule has 2 aliphatic carbocycles. The summed E-state index contributed by atoms with van der Waals surface area (Å²) in [6.45, 7) is 6.34. The predicted octanol–water partition coefficient (Wildman–Crippen LogP) is 0.460. The Labute approximate surface area is 167 Å². The van der Waals surface area contributed by atoms with Gasteiger partial charge < -0.3 is 24.8 Å². The summed E-state index contributed by atoms with van der Waals surface area (Å²) in [4.78, 5) is 0. The van der Waals surface area contributed by atoms with Gasteiger partial charge in [0.15, 0.2) is 0 Å². The van der Waals surface area contributed by atoms with Crippen molar-refractivity contribution < 1.29 is 46.6 Å². The third kappa shape index (κ3) is 4.63. The molecule has 1 unspecified atom stereocenters. The number of hydrogen-bond donors (Lipinski definition) is 0. The molecule has 3 rings (SSSR count). The molecule has 0 bridgehead atoms. The molecule has 1 atom stereocenters. The van der Waals surface area contributed by atoms with Crippen LogP contribution in [-0.4, -0.2) is 0 Å².